The second-order valence-corrected chi connectivity index (χ2v) is 8.45. The Labute approximate surface area is 184 Å². The van der Waals surface area contributed by atoms with Crippen molar-refractivity contribution in [1.82, 2.24) is 15.2 Å². The van der Waals surface area contributed by atoms with Crippen LogP contribution in [0.3, 0.4) is 0 Å². The quantitative estimate of drug-likeness (QED) is 0.475. The predicted octanol–water partition coefficient (Wildman–Crippen LogP) is 4.40. The molecule has 0 saturated carbocycles. The number of imide groups is 1. The third-order valence-corrected chi connectivity index (χ3v) is 5.91. The van der Waals surface area contributed by atoms with Crippen molar-refractivity contribution in [3.63, 3.8) is 0 Å². The molecule has 1 aromatic heterocycles. The van der Waals surface area contributed by atoms with Gasteiger partial charge in [-0.05, 0) is 55.1 Å². The van der Waals surface area contributed by atoms with E-state index in [0.29, 0.717) is 17.5 Å². The van der Waals surface area contributed by atoms with E-state index in [1.54, 1.807) is 12.3 Å². The molecule has 3 aromatic carbocycles. The maximum atomic E-state index is 15.3. The summed E-state index contributed by atoms with van der Waals surface area (Å²) in [5.41, 5.74) is 3.90. The van der Waals surface area contributed by atoms with Gasteiger partial charge in [0.1, 0.15) is 5.82 Å². The number of para-hydroxylation sites is 1. The highest BCUT2D eigenvalue weighted by Gasteiger charge is 2.35. The van der Waals surface area contributed by atoms with E-state index in [0.717, 1.165) is 27.4 Å². The summed E-state index contributed by atoms with van der Waals surface area (Å²) in [6.07, 6.45) is 1.71. The van der Waals surface area contributed by atoms with E-state index in [9.17, 15) is 9.59 Å². The Hall–Kier alpha value is -3.77. The van der Waals surface area contributed by atoms with E-state index >= 15 is 4.39 Å². The topological polar surface area (TPSA) is 65.2 Å². The molecular formula is C26H22FN3O2. The molecule has 0 saturated heterocycles. The maximum Gasteiger partial charge on any atom is 0.259 e. The minimum atomic E-state index is -0.587. The normalized spacial score (nSPS) is 14.3. The van der Waals surface area contributed by atoms with Gasteiger partial charge in [-0.1, -0.05) is 36.4 Å². The zero-order valence-corrected chi connectivity index (χ0v) is 18.0. The van der Waals surface area contributed by atoms with Gasteiger partial charge >= 0.3 is 0 Å². The number of benzene rings is 3. The van der Waals surface area contributed by atoms with Gasteiger partial charge in [-0.25, -0.2) is 4.39 Å². The largest absolute Gasteiger partial charge is 0.360 e. The lowest BCUT2D eigenvalue weighted by atomic mass is 9.91. The molecule has 0 fully saturated rings. The van der Waals surface area contributed by atoms with Crippen molar-refractivity contribution in [3.8, 4) is 0 Å². The average molecular weight is 427 g/mol. The molecule has 0 unspecified atom stereocenters. The van der Waals surface area contributed by atoms with E-state index in [4.69, 9.17) is 0 Å². The standard InChI is InChI=1S/C26H22FN3O2/c1-14-5-4-6-17-19(12-28-24(14)17)22-23(26(32)29-25(22)31)21-18-11-15(13-30(2)3)7-8-16(18)9-10-20(21)27/h4-12,28H,13H2,1-3H3,(H,29,31,32). The van der Waals surface area contributed by atoms with Gasteiger partial charge in [-0.3, -0.25) is 14.9 Å². The van der Waals surface area contributed by atoms with E-state index in [2.05, 4.69) is 10.3 Å². The van der Waals surface area contributed by atoms with Crippen molar-refractivity contribution >= 4 is 44.6 Å². The molecular weight excluding hydrogens is 405 g/mol. The summed E-state index contributed by atoms with van der Waals surface area (Å²) in [5.74, 6) is -1.64. The highest BCUT2D eigenvalue weighted by Crippen LogP contribution is 2.39. The number of hydrogen-bond donors (Lipinski definition) is 2. The van der Waals surface area contributed by atoms with Crippen LogP contribution in [0.1, 0.15) is 22.3 Å². The summed E-state index contributed by atoms with van der Waals surface area (Å²) in [5, 5.41) is 4.61. The third kappa shape index (κ3) is 3.11. The third-order valence-electron chi connectivity index (χ3n) is 5.91. The fourth-order valence-electron chi connectivity index (χ4n) is 4.52. The molecule has 0 bridgehead atoms. The lowest BCUT2D eigenvalue weighted by molar-refractivity contribution is -0.122. The van der Waals surface area contributed by atoms with Crippen LogP contribution in [0, 0.1) is 12.7 Å². The summed E-state index contributed by atoms with van der Waals surface area (Å²) < 4.78 is 15.3. The number of aryl methyl sites for hydroxylation is 1. The van der Waals surface area contributed by atoms with Gasteiger partial charge in [0.05, 0.1) is 11.1 Å². The van der Waals surface area contributed by atoms with E-state index < -0.39 is 17.6 Å². The first-order valence-electron chi connectivity index (χ1n) is 10.4. The van der Waals surface area contributed by atoms with E-state index in [1.165, 1.54) is 6.07 Å². The predicted molar refractivity (Wildman–Crippen MR) is 124 cm³/mol. The second kappa shape index (κ2) is 7.43. The molecule has 2 amide bonds. The Kier molecular flexibility index (Phi) is 4.68. The number of carbonyl (C=O) groups excluding carboxylic acids is 2. The molecule has 2 heterocycles. The van der Waals surface area contributed by atoms with Crippen LogP contribution in [0.5, 0.6) is 0 Å². The van der Waals surface area contributed by atoms with Crippen molar-refractivity contribution in [3.05, 3.63) is 82.8 Å². The zero-order valence-electron chi connectivity index (χ0n) is 18.0. The minimum absolute atomic E-state index is 0.0718. The second-order valence-electron chi connectivity index (χ2n) is 8.45. The van der Waals surface area contributed by atoms with Crippen molar-refractivity contribution in [1.29, 1.82) is 0 Å². The number of aromatic nitrogens is 1. The first-order chi connectivity index (χ1) is 15.3. The summed E-state index contributed by atoms with van der Waals surface area (Å²) in [7, 11) is 3.92. The van der Waals surface area contributed by atoms with E-state index in [1.807, 2.05) is 62.3 Å². The fourth-order valence-corrected chi connectivity index (χ4v) is 4.52. The number of nitrogens with zero attached hydrogens (tertiary/aromatic N) is 1. The summed E-state index contributed by atoms with van der Waals surface area (Å²) in [6.45, 7) is 2.64. The molecule has 6 heteroatoms. The van der Waals surface area contributed by atoms with Crippen molar-refractivity contribution in [2.75, 3.05) is 14.1 Å². The molecule has 1 aliphatic heterocycles. The van der Waals surface area contributed by atoms with Gasteiger partial charge in [0.15, 0.2) is 0 Å². The number of halogens is 1. The molecule has 5 nitrogen and oxygen atoms in total. The van der Waals surface area contributed by atoms with Crippen molar-refractivity contribution in [2.24, 2.45) is 0 Å². The molecule has 0 radical (unpaired) electrons. The number of fused-ring (bicyclic) bond motifs is 2. The monoisotopic (exact) mass is 427 g/mol. The Morgan fingerprint density at radius 2 is 1.69 bits per heavy atom. The van der Waals surface area contributed by atoms with Crippen LogP contribution in [0.25, 0.3) is 32.8 Å². The number of amides is 2. The SMILES string of the molecule is Cc1cccc2c(C3=C(c4c(F)ccc5ccc(CN(C)C)cc45)C(=O)NC3=O)c[nH]c12. The smallest absolute Gasteiger partial charge is 0.259 e. The maximum absolute atomic E-state index is 15.3. The zero-order chi connectivity index (χ0) is 22.6. The van der Waals surface area contributed by atoms with Gasteiger partial charge in [0, 0.05) is 34.8 Å². The number of rotatable bonds is 4. The van der Waals surface area contributed by atoms with Crippen LogP contribution >= 0.6 is 0 Å². The molecule has 0 aliphatic carbocycles. The first kappa shape index (κ1) is 20.2. The Morgan fingerprint density at radius 3 is 2.47 bits per heavy atom. The Morgan fingerprint density at radius 1 is 0.938 bits per heavy atom. The van der Waals surface area contributed by atoms with Crippen LogP contribution in [-0.2, 0) is 16.1 Å². The van der Waals surface area contributed by atoms with E-state index in [-0.39, 0.29) is 16.7 Å². The number of aromatic amines is 1. The molecule has 1 aliphatic rings. The van der Waals surface area contributed by atoms with Crippen LogP contribution in [0.4, 0.5) is 4.39 Å². The average Bonchev–Trinajstić information content (AvgIpc) is 3.28. The number of H-pyrrole nitrogens is 1. The van der Waals surface area contributed by atoms with Gasteiger partial charge in [-0.15, -0.1) is 0 Å². The van der Waals surface area contributed by atoms with Crippen LogP contribution < -0.4 is 5.32 Å². The number of nitrogens with one attached hydrogen (secondary N) is 2. The molecule has 4 aromatic rings. The molecule has 5 rings (SSSR count). The van der Waals surface area contributed by atoms with Crippen molar-refractivity contribution in [2.45, 2.75) is 13.5 Å². The van der Waals surface area contributed by atoms with Gasteiger partial charge < -0.3 is 9.88 Å². The van der Waals surface area contributed by atoms with Crippen molar-refractivity contribution < 1.29 is 14.0 Å². The number of hydrogen-bond acceptors (Lipinski definition) is 3. The summed E-state index contributed by atoms with van der Waals surface area (Å²) >= 11 is 0. The fraction of sp³-hybridized carbons (Fsp3) is 0.154. The molecule has 0 atom stereocenters. The highest BCUT2D eigenvalue weighted by atomic mass is 19.1. The lowest BCUT2D eigenvalue weighted by Crippen LogP contribution is -2.23. The lowest BCUT2D eigenvalue weighted by Gasteiger charge is -2.13. The van der Waals surface area contributed by atoms with Gasteiger partial charge in [-0.2, -0.15) is 0 Å². The molecule has 2 N–H and O–H groups in total. The van der Waals surface area contributed by atoms with Gasteiger partial charge in [0.25, 0.3) is 11.8 Å². The molecule has 0 spiro atoms. The molecule has 32 heavy (non-hydrogen) atoms. The summed E-state index contributed by atoms with van der Waals surface area (Å²) in [4.78, 5) is 31.1. The summed E-state index contributed by atoms with van der Waals surface area (Å²) in [6, 6.07) is 14.6. The Bertz CT molecular complexity index is 1460. The molecule has 160 valence electrons. The Balaban J connectivity index is 1.84. The number of carbonyl (C=O) groups is 2. The van der Waals surface area contributed by atoms with Crippen LogP contribution in [0.2, 0.25) is 0 Å². The van der Waals surface area contributed by atoms with Crippen LogP contribution in [0.15, 0.2) is 54.7 Å². The van der Waals surface area contributed by atoms with Gasteiger partial charge in [0.2, 0.25) is 0 Å². The highest BCUT2D eigenvalue weighted by molar-refractivity contribution is 6.50. The van der Waals surface area contributed by atoms with Crippen LogP contribution in [-0.4, -0.2) is 35.8 Å². The minimum Gasteiger partial charge on any atom is -0.360 e. The first-order valence-corrected chi connectivity index (χ1v) is 10.4.